The number of amides is 1. The van der Waals surface area contributed by atoms with Crippen LogP contribution in [0.25, 0.3) is 0 Å². The van der Waals surface area contributed by atoms with E-state index >= 15 is 0 Å². The highest BCUT2D eigenvalue weighted by molar-refractivity contribution is 6.03. The van der Waals surface area contributed by atoms with Crippen LogP contribution in [-0.2, 0) is 12.8 Å². The van der Waals surface area contributed by atoms with Gasteiger partial charge in [-0.25, -0.2) is 4.98 Å². The zero-order valence-electron chi connectivity index (χ0n) is 11.6. The van der Waals surface area contributed by atoms with E-state index in [1.807, 2.05) is 13.0 Å². The monoisotopic (exact) mass is 271 g/mol. The number of nitrogens with one attached hydrogen (secondary N) is 1. The molecule has 2 aromatic heterocycles. The van der Waals surface area contributed by atoms with Crippen molar-refractivity contribution in [2.75, 3.05) is 5.32 Å². The van der Waals surface area contributed by atoms with Crippen molar-refractivity contribution in [3.8, 4) is 0 Å². The van der Waals surface area contributed by atoms with E-state index < -0.39 is 0 Å². The van der Waals surface area contributed by atoms with Crippen LogP contribution in [0.5, 0.6) is 0 Å². The number of nitrogens with zero attached hydrogens (tertiary/aromatic N) is 2. The fourth-order valence-corrected chi connectivity index (χ4v) is 2.47. The highest BCUT2D eigenvalue weighted by atomic mass is 16.5. The topological polar surface area (TPSA) is 68.0 Å². The lowest BCUT2D eigenvalue weighted by atomic mass is 9.88. The Bertz CT molecular complexity index is 631. The first-order valence-corrected chi connectivity index (χ1v) is 6.85. The summed E-state index contributed by atoms with van der Waals surface area (Å²) in [6, 6.07) is 3.69. The maximum Gasteiger partial charge on any atom is 0.279 e. The van der Waals surface area contributed by atoms with Gasteiger partial charge in [-0.2, -0.15) is 0 Å². The number of anilines is 1. The molecule has 1 aliphatic rings. The molecule has 1 N–H and O–H groups in total. The maximum absolute atomic E-state index is 12.3. The van der Waals surface area contributed by atoms with E-state index in [0.29, 0.717) is 17.4 Å². The van der Waals surface area contributed by atoms with Gasteiger partial charge in [-0.05, 0) is 37.3 Å². The largest absolute Gasteiger partial charge is 0.360 e. The maximum atomic E-state index is 12.3. The van der Waals surface area contributed by atoms with E-state index in [1.54, 1.807) is 12.3 Å². The SMILES string of the molecule is Cc1ccc(NC(=O)c2noc3c2CC(C)CC3)nc1. The van der Waals surface area contributed by atoms with Gasteiger partial charge in [0.15, 0.2) is 5.69 Å². The lowest BCUT2D eigenvalue weighted by Gasteiger charge is -2.16. The first-order chi connectivity index (χ1) is 9.63. The predicted molar refractivity (Wildman–Crippen MR) is 74.6 cm³/mol. The first kappa shape index (κ1) is 12.8. The van der Waals surface area contributed by atoms with Crippen molar-refractivity contribution in [1.29, 1.82) is 0 Å². The second-order valence-electron chi connectivity index (χ2n) is 5.46. The van der Waals surface area contributed by atoms with Crippen molar-refractivity contribution < 1.29 is 9.32 Å². The van der Waals surface area contributed by atoms with Crippen molar-refractivity contribution in [3.63, 3.8) is 0 Å². The molecule has 1 amide bonds. The normalized spacial score (nSPS) is 17.6. The summed E-state index contributed by atoms with van der Waals surface area (Å²) in [4.78, 5) is 16.4. The highest BCUT2D eigenvalue weighted by Gasteiger charge is 2.27. The third-order valence-electron chi connectivity index (χ3n) is 3.65. The van der Waals surface area contributed by atoms with Crippen LogP contribution in [0.3, 0.4) is 0 Å². The summed E-state index contributed by atoms with van der Waals surface area (Å²) in [5.41, 5.74) is 2.40. The lowest BCUT2D eigenvalue weighted by molar-refractivity contribution is 0.101. The summed E-state index contributed by atoms with van der Waals surface area (Å²) in [6.45, 7) is 4.13. The number of aryl methyl sites for hydroxylation is 2. The van der Waals surface area contributed by atoms with Gasteiger partial charge in [0.1, 0.15) is 11.6 Å². The number of pyridine rings is 1. The zero-order chi connectivity index (χ0) is 14.1. The Morgan fingerprint density at radius 3 is 3.05 bits per heavy atom. The van der Waals surface area contributed by atoms with Gasteiger partial charge in [-0.1, -0.05) is 18.1 Å². The second kappa shape index (κ2) is 5.07. The molecule has 2 heterocycles. The fraction of sp³-hybridized carbons (Fsp3) is 0.400. The molecule has 2 aromatic rings. The Morgan fingerprint density at radius 1 is 1.45 bits per heavy atom. The van der Waals surface area contributed by atoms with Crippen LogP contribution in [-0.4, -0.2) is 16.0 Å². The molecule has 0 spiro atoms. The minimum Gasteiger partial charge on any atom is -0.360 e. The molecule has 0 bridgehead atoms. The van der Waals surface area contributed by atoms with E-state index in [0.717, 1.165) is 36.1 Å². The Hall–Kier alpha value is -2.17. The summed E-state index contributed by atoms with van der Waals surface area (Å²) in [5.74, 6) is 1.69. The van der Waals surface area contributed by atoms with Crippen LogP contribution in [0.1, 0.15) is 40.7 Å². The number of aromatic nitrogens is 2. The van der Waals surface area contributed by atoms with Crippen molar-refractivity contribution in [3.05, 3.63) is 40.9 Å². The zero-order valence-corrected chi connectivity index (χ0v) is 11.6. The van der Waals surface area contributed by atoms with Gasteiger partial charge in [-0.3, -0.25) is 4.79 Å². The van der Waals surface area contributed by atoms with Crippen LogP contribution >= 0.6 is 0 Å². The fourth-order valence-electron chi connectivity index (χ4n) is 2.47. The molecule has 104 valence electrons. The summed E-state index contributed by atoms with van der Waals surface area (Å²) in [7, 11) is 0. The number of carbonyl (C=O) groups is 1. The van der Waals surface area contributed by atoms with Gasteiger partial charge >= 0.3 is 0 Å². The lowest BCUT2D eigenvalue weighted by Crippen LogP contribution is -2.18. The minimum atomic E-state index is -0.250. The van der Waals surface area contributed by atoms with Crippen LogP contribution in [0.4, 0.5) is 5.82 Å². The van der Waals surface area contributed by atoms with Gasteiger partial charge in [-0.15, -0.1) is 0 Å². The molecular weight excluding hydrogens is 254 g/mol. The van der Waals surface area contributed by atoms with Crippen molar-refractivity contribution in [2.24, 2.45) is 5.92 Å². The molecule has 3 rings (SSSR count). The van der Waals surface area contributed by atoms with E-state index in [1.165, 1.54) is 0 Å². The molecule has 5 heteroatoms. The predicted octanol–water partition coefficient (Wildman–Crippen LogP) is 2.76. The van der Waals surface area contributed by atoms with Gasteiger partial charge in [0.05, 0.1) is 0 Å². The average Bonchev–Trinajstić information content (AvgIpc) is 2.84. The number of fused-ring (bicyclic) bond motifs is 1. The Labute approximate surface area is 117 Å². The molecule has 0 fully saturated rings. The third kappa shape index (κ3) is 2.43. The van der Waals surface area contributed by atoms with E-state index in [4.69, 9.17) is 4.52 Å². The van der Waals surface area contributed by atoms with E-state index in [-0.39, 0.29) is 5.91 Å². The van der Waals surface area contributed by atoms with Gasteiger partial charge in [0.25, 0.3) is 5.91 Å². The smallest absolute Gasteiger partial charge is 0.279 e. The Balaban J connectivity index is 1.81. The molecule has 0 saturated heterocycles. The van der Waals surface area contributed by atoms with Crippen molar-refractivity contribution in [1.82, 2.24) is 10.1 Å². The number of hydrogen-bond donors (Lipinski definition) is 1. The van der Waals surface area contributed by atoms with Crippen molar-refractivity contribution in [2.45, 2.75) is 33.1 Å². The summed E-state index contributed by atoms with van der Waals surface area (Å²) in [6.07, 6.45) is 4.52. The molecule has 0 radical (unpaired) electrons. The first-order valence-electron chi connectivity index (χ1n) is 6.85. The molecule has 1 aliphatic carbocycles. The third-order valence-corrected chi connectivity index (χ3v) is 3.65. The molecule has 20 heavy (non-hydrogen) atoms. The minimum absolute atomic E-state index is 0.250. The molecule has 0 aliphatic heterocycles. The molecule has 0 saturated carbocycles. The average molecular weight is 271 g/mol. The summed E-state index contributed by atoms with van der Waals surface area (Å²) in [5, 5.41) is 6.70. The van der Waals surface area contributed by atoms with E-state index in [9.17, 15) is 4.79 Å². The van der Waals surface area contributed by atoms with Crippen molar-refractivity contribution >= 4 is 11.7 Å². The van der Waals surface area contributed by atoms with Gasteiger partial charge < -0.3 is 9.84 Å². The Morgan fingerprint density at radius 2 is 2.30 bits per heavy atom. The molecule has 0 aromatic carbocycles. The number of rotatable bonds is 2. The number of hydrogen-bond acceptors (Lipinski definition) is 4. The van der Waals surface area contributed by atoms with E-state index in [2.05, 4.69) is 22.4 Å². The van der Waals surface area contributed by atoms with Gasteiger partial charge in [0, 0.05) is 18.2 Å². The summed E-state index contributed by atoms with van der Waals surface area (Å²) < 4.78 is 5.28. The Kier molecular flexibility index (Phi) is 3.26. The van der Waals surface area contributed by atoms with Crippen LogP contribution in [0.2, 0.25) is 0 Å². The highest BCUT2D eigenvalue weighted by Crippen LogP contribution is 2.28. The molecular formula is C15H17N3O2. The quantitative estimate of drug-likeness (QED) is 0.912. The summed E-state index contributed by atoms with van der Waals surface area (Å²) >= 11 is 0. The molecule has 1 unspecified atom stereocenters. The standard InChI is InChI=1S/C15H17N3O2/c1-9-3-5-12-11(7-9)14(18-20-12)15(19)17-13-6-4-10(2)8-16-13/h4,6,8-9H,3,5,7H2,1-2H3,(H,16,17,19). The molecule has 1 atom stereocenters. The van der Waals surface area contributed by atoms with Crippen LogP contribution in [0.15, 0.2) is 22.9 Å². The van der Waals surface area contributed by atoms with Crippen LogP contribution < -0.4 is 5.32 Å². The van der Waals surface area contributed by atoms with Crippen LogP contribution in [0, 0.1) is 12.8 Å². The second-order valence-corrected chi connectivity index (χ2v) is 5.46. The van der Waals surface area contributed by atoms with Gasteiger partial charge in [0.2, 0.25) is 0 Å². The number of carbonyl (C=O) groups excluding carboxylic acids is 1. The molecule has 5 nitrogen and oxygen atoms in total.